The molecule has 9 nitrogen and oxygen atoms in total. The number of likely N-dealkylation sites (N-methyl/N-ethyl adjacent to an activating group) is 2. The number of carbonyl (C=O) groups excluding carboxylic acids is 1. The van der Waals surface area contributed by atoms with Gasteiger partial charge >= 0.3 is 5.97 Å². The van der Waals surface area contributed by atoms with Gasteiger partial charge in [-0.2, -0.15) is 0 Å². The number of ether oxygens (including phenoxy) is 6. The van der Waals surface area contributed by atoms with E-state index in [0.717, 1.165) is 54.8 Å². The van der Waals surface area contributed by atoms with Gasteiger partial charge in [0.2, 0.25) is 5.75 Å². The van der Waals surface area contributed by atoms with E-state index in [1.807, 2.05) is 30.3 Å². The van der Waals surface area contributed by atoms with Gasteiger partial charge in [-0.1, -0.05) is 18.2 Å². The van der Waals surface area contributed by atoms with Crippen molar-refractivity contribution in [2.24, 2.45) is 0 Å². The lowest BCUT2D eigenvalue weighted by Gasteiger charge is -2.37. The first kappa shape index (κ1) is 31.8. The molecule has 250 valence electrons. The molecule has 0 amide bonds. The first-order chi connectivity index (χ1) is 23.3. The lowest BCUT2D eigenvalue weighted by molar-refractivity contribution is -0.132. The predicted octanol–water partition coefficient (Wildman–Crippen LogP) is 7.08. The Morgan fingerprint density at radius 1 is 0.708 bits per heavy atom. The van der Waals surface area contributed by atoms with Crippen LogP contribution in [0.4, 0.5) is 0 Å². The molecule has 4 aliphatic rings. The Kier molecular flexibility index (Phi) is 8.66. The van der Waals surface area contributed by atoms with E-state index in [4.69, 9.17) is 28.4 Å². The molecule has 4 heterocycles. The first-order valence-electron chi connectivity index (χ1n) is 16.4. The molecule has 4 aromatic rings. The Balaban J connectivity index is 1.48. The molecule has 0 N–H and O–H groups in total. The van der Waals surface area contributed by atoms with Crippen LogP contribution in [-0.2, 0) is 30.5 Å². The van der Waals surface area contributed by atoms with Crippen LogP contribution in [0.5, 0.6) is 46.0 Å². The molecule has 4 aromatic carbocycles. The van der Waals surface area contributed by atoms with Crippen LogP contribution in [0.15, 0.2) is 60.7 Å². The van der Waals surface area contributed by atoms with Crippen LogP contribution in [0.2, 0.25) is 0 Å². The third-order valence-electron chi connectivity index (χ3n) is 9.89. The summed E-state index contributed by atoms with van der Waals surface area (Å²) in [6, 6.07) is 20.5. The van der Waals surface area contributed by atoms with Crippen molar-refractivity contribution < 1.29 is 33.2 Å². The van der Waals surface area contributed by atoms with E-state index in [2.05, 4.69) is 54.2 Å². The topological polar surface area (TPSA) is 78.9 Å². The van der Waals surface area contributed by atoms with Crippen LogP contribution < -0.4 is 28.4 Å². The molecule has 0 aromatic heterocycles. The van der Waals surface area contributed by atoms with E-state index in [-0.39, 0.29) is 17.8 Å². The number of methoxy groups -OCH3 is 3. The molecule has 2 unspecified atom stereocenters. The maximum atomic E-state index is 12.6. The normalized spacial score (nSPS) is 18.8. The number of benzene rings is 4. The van der Waals surface area contributed by atoms with Crippen LogP contribution in [-0.4, -0.2) is 64.3 Å². The van der Waals surface area contributed by atoms with Crippen molar-refractivity contribution in [1.29, 1.82) is 0 Å². The van der Waals surface area contributed by atoms with Crippen molar-refractivity contribution in [3.8, 4) is 46.0 Å². The van der Waals surface area contributed by atoms with Crippen LogP contribution in [0.25, 0.3) is 0 Å². The van der Waals surface area contributed by atoms with Gasteiger partial charge in [-0.25, -0.2) is 0 Å². The number of carbonyl (C=O) groups is 1. The van der Waals surface area contributed by atoms with Gasteiger partial charge in [-0.05, 0) is 110 Å². The van der Waals surface area contributed by atoms with Crippen molar-refractivity contribution in [2.75, 3.05) is 48.5 Å². The average molecular weight is 651 g/mol. The molecule has 6 bridgehead atoms. The summed E-state index contributed by atoms with van der Waals surface area (Å²) in [5, 5.41) is 0. The lowest BCUT2D eigenvalue weighted by Crippen LogP contribution is -2.34. The fraction of sp³-hybridized carbons (Fsp3) is 0.359. The second-order valence-electron chi connectivity index (χ2n) is 12.8. The summed E-state index contributed by atoms with van der Waals surface area (Å²) in [6.07, 6.45) is 3.11. The summed E-state index contributed by atoms with van der Waals surface area (Å²) in [5.74, 6) is 3.92. The Morgan fingerprint density at radius 2 is 1.33 bits per heavy atom. The maximum absolute atomic E-state index is 12.6. The quantitative estimate of drug-likeness (QED) is 0.170. The van der Waals surface area contributed by atoms with Gasteiger partial charge in [0.15, 0.2) is 34.5 Å². The molecule has 9 heteroatoms. The van der Waals surface area contributed by atoms with Gasteiger partial charge in [0, 0.05) is 37.7 Å². The second kappa shape index (κ2) is 13.1. The highest BCUT2D eigenvalue weighted by Crippen LogP contribution is 2.52. The van der Waals surface area contributed by atoms with Crippen LogP contribution in [0.3, 0.4) is 0 Å². The first-order valence-corrected chi connectivity index (χ1v) is 16.4. The van der Waals surface area contributed by atoms with Gasteiger partial charge in [0.1, 0.15) is 5.75 Å². The molecule has 0 fully saturated rings. The Hall–Kier alpha value is -4.73. The highest BCUT2D eigenvalue weighted by Gasteiger charge is 2.35. The summed E-state index contributed by atoms with van der Waals surface area (Å²) < 4.78 is 36.8. The van der Waals surface area contributed by atoms with Crippen LogP contribution in [0, 0.1) is 0 Å². The Labute approximate surface area is 281 Å². The number of hydrogen-bond acceptors (Lipinski definition) is 9. The number of nitrogens with zero attached hydrogens (tertiary/aromatic N) is 2. The molecule has 4 aliphatic heterocycles. The lowest BCUT2D eigenvalue weighted by atomic mass is 9.87. The highest BCUT2D eigenvalue weighted by molar-refractivity contribution is 5.74. The Bertz CT molecular complexity index is 1850. The summed E-state index contributed by atoms with van der Waals surface area (Å²) in [4.78, 5) is 17.3. The van der Waals surface area contributed by atoms with Crippen molar-refractivity contribution in [3.05, 3.63) is 94.0 Å². The van der Waals surface area contributed by atoms with E-state index in [9.17, 15) is 4.79 Å². The molecule has 0 aliphatic carbocycles. The van der Waals surface area contributed by atoms with E-state index >= 15 is 0 Å². The molecule has 0 spiro atoms. The molecule has 48 heavy (non-hydrogen) atoms. The molecule has 0 saturated carbocycles. The molecule has 0 radical (unpaired) electrons. The monoisotopic (exact) mass is 650 g/mol. The standard InChI is InChI=1S/C39H42N2O7/c1-23(42)46-38-36(45-6)21-27-14-16-41(3)31-18-25-9-12-32(43-4)34(19-25)47-28-10-7-24(8-11-28)17-30-29-22-35(48-39(38)37(27)31)33(44-5)20-26(29)13-15-40(30)2/h7-12,19-22,30-31H,13-18H2,1-6H3. The zero-order chi connectivity index (χ0) is 33.5. The third-order valence-corrected chi connectivity index (χ3v) is 9.89. The van der Waals surface area contributed by atoms with Crippen molar-refractivity contribution >= 4 is 5.97 Å². The maximum Gasteiger partial charge on any atom is 0.308 e. The van der Waals surface area contributed by atoms with Gasteiger partial charge in [0.05, 0.1) is 21.3 Å². The van der Waals surface area contributed by atoms with Gasteiger partial charge in [0.25, 0.3) is 0 Å². The van der Waals surface area contributed by atoms with Gasteiger partial charge < -0.3 is 28.4 Å². The molecule has 0 saturated heterocycles. The fourth-order valence-corrected chi connectivity index (χ4v) is 7.32. The number of hydrogen-bond donors (Lipinski definition) is 0. The van der Waals surface area contributed by atoms with Crippen LogP contribution in [0.1, 0.15) is 52.4 Å². The summed E-state index contributed by atoms with van der Waals surface area (Å²) in [7, 11) is 9.18. The van der Waals surface area contributed by atoms with E-state index < -0.39 is 5.97 Å². The highest BCUT2D eigenvalue weighted by atomic mass is 16.6. The second-order valence-corrected chi connectivity index (χ2v) is 12.8. The minimum Gasteiger partial charge on any atom is -0.493 e. The molecule has 2 atom stereocenters. The number of esters is 1. The van der Waals surface area contributed by atoms with E-state index in [0.29, 0.717) is 40.9 Å². The zero-order valence-corrected chi connectivity index (χ0v) is 28.4. The average Bonchev–Trinajstić information content (AvgIpc) is 3.08. The predicted molar refractivity (Wildman–Crippen MR) is 182 cm³/mol. The Morgan fingerprint density at radius 3 is 2.04 bits per heavy atom. The van der Waals surface area contributed by atoms with Crippen molar-refractivity contribution in [1.82, 2.24) is 9.80 Å². The fourth-order valence-electron chi connectivity index (χ4n) is 7.32. The zero-order valence-electron chi connectivity index (χ0n) is 28.4. The minimum absolute atomic E-state index is 0.107. The number of rotatable bonds is 4. The summed E-state index contributed by atoms with van der Waals surface area (Å²) >= 11 is 0. The summed E-state index contributed by atoms with van der Waals surface area (Å²) in [5.41, 5.74) is 6.68. The minimum atomic E-state index is -0.463. The van der Waals surface area contributed by atoms with Crippen molar-refractivity contribution in [2.45, 2.75) is 44.7 Å². The van der Waals surface area contributed by atoms with E-state index in [1.54, 1.807) is 21.3 Å². The molecular weight excluding hydrogens is 608 g/mol. The largest absolute Gasteiger partial charge is 0.493 e. The summed E-state index contributed by atoms with van der Waals surface area (Å²) in [6.45, 7) is 3.14. The third kappa shape index (κ3) is 5.93. The number of fused-ring (bicyclic) bond motifs is 2. The van der Waals surface area contributed by atoms with E-state index in [1.165, 1.54) is 23.6 Å². The smallest absolute Gasteiger partial charge is 0.308 e. The molecular formula is C39H42N2O7. The SMILES string of the molecule is COc1ccc2cc1Oc1ccc(cc1)CC1c3cc(c(OC)cc3CCN1C)Oc1c(OC(C)=O)c(OC)cc3c1C(C2)N(C)CC3. The van der Waals surface area contributed by atoms with Crippen molar-refractivity contribution in [3.63, 3.8) is 0 Å². The van der Waals surface area contributed by atoms with Gasteiger partial charge in [-0.15, -0.1) is 0 Å². The van der Waals surface area contributed by atoms with Crippen LogP contribution >= 0.6 is 0 Å². The van der Waals surface area contributed by atoms with Gasteiger partial charge in [-0.3, -0.25) is 14.6 Å². The molecule has 8 rings (SSSR count).